The molecule has 0 bridgehead atoms. The second kappa shape index (κ2) is 7.78. The maximum atomic E-state index is 12.8. The molecule has 146 valence electrons. The van der Waals surface area contributed by atoms with Crippen LogP contribution in [0.1, 0.15) is 0 Å². The van der Waals surface area contributed by atoms with Crippen molar-refractivity contribution < 1.29 is 42.1 Å². The van der Waals surface area contributed by atoms with Crippen LogP contribution in [0.4, 0.5) is 26.3 Å². The van der Waals surface area contributed by atoms with E-state index >= 15 is 0 Å². The molecule has 0 aliphatic heterocycles. The van der Waals surface area contributed by atoms with Crippen molar-refractivity contribution in [1.29, 1.82) is 0 Å². The Kier molecular flexibility index (Phi) is 6.07. The van der Waals surface area contributed by atoms with Crippen molar-refractivity contribution in [3.05, 3.63) is 60.7 Å². The third-order valence-electron chi connectivity index (χ3n) is 2.96. The van der Waals surface area contributed by atoms with Gasteiger partial charge in [0.25, 0.3) is 0 Å². The topological polar surface area (TPSA) is 52.6 Å². The molecule has 0 atom stereocenters. The standard InChI is InChI=1S/C16H10F6O4Te/c17-15(18,19)13(23)25-27(11-7-3-1-4-8-11,12-9-5-2-6-10-12)26-14(24)16(20,21)22/h1-10H. The van der Waals surface area contributed by atoms with Crippen LogP contribution in [0.15, 0.2) is 60.7 Å². The van der Waals surface area contributed by atoms with Crippen molar-refractivity contribution >= 4 is 38.2 Å². The van der Waals surface area contributed by atoms with E-state index in [-0.39, 0.29) is 7.22 Å². The molecule has 0 aliphatic carbocycles. The quantitative estimate of drug-likeness (QED) is 0.471. The second-order valence-electron chi connectivity index (χ2n) is 4.87. The minimum absolute atomic E-state index is 0.235. The second-order valence-corrected chi connectivity index (χ2v) is 11.4. The number of rotatable bonds is 4. The minimum atomic E-state index is -5.75. The molecule has 0 radical (unpaired) electrons. The summed E-state index contributed by atoms with van der Waals surface area (Å²) in [5.74, 6) is -5.49. The monoisotopic (exact) mass is 510 g/mol. The van der Waals surface area contributed by atoms with Crippen LogP contribution < -0.4 is 7.22 Å². The first-order valence-electron chi connectivity index (χ1n) is 7.01. The van der Waals surface area contributed by atoms with Crippen molar-refractivity contribution in [3.8, 4) is 0 Å². The van der Waals surface area contributed by atoms with E-state index < -0.39 is 43.3 Å². The number of hydrogen-bond donors (Lipinski definition) is 0. The van der Waals surface area contributed by atoms with E-state index in [2.05, 4.69) is 6.20 Å². The Morgan fingerprint density at radius 1 is 0.630 bits per heavy atom. The zero-order valence-corrected chi connectivity index (χ0v) is 15.4. The van der Waals surface area contributed by atoms with Crippen molar-refractivity contribution in [2.45, 2.75) is 12.4 Å². The summed E-state index contributed by atoms with van der Waals surface area (Å²) in [5.41, 5.74) is 0. The van der Waals surface area contributed by atoms with Crippen LogP contribution in [0.25, 0.3) is 0 Å². The molecule has 0 heterocycles. The van der Waals surface area contributed by atoms with Gasteiger partial charge in [0.1, 0.15) is 0 Å². The first-order valence-corrected chi connectivity index (χ1v) is 11.2. The average molecular weight is 508 g/mol. The van der Waals surface area contributed by atoms with Gasteiger partial charge in [-0.3, -0.25) is 0 Å². The molecule has 0 N–H and O–H groups in total. The Bertz CT molecular complexity index is 736. The molecule has 27 heavy (non-hydrogen) atoms. The zero-order valence-electron chi connectivity index (χ0n) is 13.1. The van der Waals surface area contributed by atoms with E-state index in [0.29, 0.717) is 0 Å². The summed E-state index contributed by atoms with van der Waals surface area (Å²) in [5, 5.41) is 0. The molecule has 2 rings (SSSR count). The molecule has 0 amide bonds. The van der Waals surface area contributed by atoms with E-state index in [0.717, 1.165) is 24.3 Å². The molecule has 2 aromatic carbocycles. The van der Waals surface area contributed by atoms with Gasteiger partial charge in [0, 0.05) is 0 Å². The molecule has 0 saturated carbocycles. The summed E-state index contributed by atoms with van der Waals surface area (Å²) in [6.07, 6.45) is -11.0. The van der Waals surface area contributed by atoms with Crippen LogP contribution in [-0.4, -0.2) is 43.3 Å². The Labute approximate surface area is 153 Å². The number of halogens is 6. The summed E-state index contributed by atoms with van der Waals surface area (Å²) >= 11 is -5.75. The Morgan fingerprint density at radius 3 is 1.19 bits per heavy atom. The van der Waals surface area contributed by atoms with Crippen LogP contribution in [0.5, 0.6) is 0 Å². The van der Waals surface area contributed by atoms with Gasteiger partial charge in [-0.1, -0.05) is 0 Å². The van der Waals surface area contributed by atoms with Gasteiger partial charge in [0.2, 0.25) is 0 Å². The van der Waals surface area contributed by atoms with Gasteiger partial charge in [-0.2, -0.15) is 0 Å². The van der Waals surface area contributed by atoms with Crippen LogP contribution >= 0.6 is 0 Å². The molecule has 0 aromatic heterocycles. The molecule has 0 spiro atoms. The summed E-state index contributed by atoms with van der Waals surface area (Å²) in [6, 6.07) is 12.7. The Morgan fingerprint density at radius 2 is 0.926 bits per heavy atom. The normalized spacial score (nSPS) is 13.0. The van der Waals surface area contributed by atoms with E-state index in [1.807, 2.05) is 0 Å². The molecule has 0 saturated heterocycles. The van der Waals surface area contributed by atoms with E-state index in [1.165, 1.54) is 36.4 Å². The van der Waals surface area contributed by atoms with E-state index in [1.54, 1.807) is 0 Å². The molecule has 11 heteroatoms. The number of hydrogen-bond acceptors (Lipinski definition) is 4. The van der Waals surface area contributed by atoms with Crippen molar-refractivity contribution in [3.63, 3.8) is 0 Å². The van der Waals surface area contributed by atoms with Crippen LogP contribution in [-0.2, 0) is 15.8 Å². The van der Waals surface area contributed by atoms with Gasteiger partial charge in [-0.05, 0) is 0 Å². The molecule has 0 fully saturated rings. The molecular weight excluding hydrogens is 498 g/mol. The third-order valence-corrected chi connectivity index (χ3v) is 10.3. The van der Waals surface area contributed by atoms with Crippen LogP contribution in [0, 0.1) is 0 Å². The third kappa shape index (κ3) is 4.93. The fraction of sp³-hybridized carbons (Fsp3) is 0.125. The predicted octanol–water partition coefficient (Wildman–Crippen LogP) is 2.45. The fourth-order valence-corrected chi connectivity index (χ4v) is 8.52. The van der Waals surface area contributed by atoms with Crippen molar-refractivity contribution in [1.82, 2.24) is 0 Å². The number of carbonyl (C=O) groups is 2. The van der Waals surface area contributed by atoms with Gasteiger partial charge < -0.3 is 0 Å². The molecule has 4 nitrogen and oxygen atoms in total. The summed E-state index contributed by atoms with van der Waals surface area (Å²) < 4.78 is 85.2. The number of alkyl halides is 6. The SMILES string of the molecule is O=C(O[Te](OC(=O)C(F)(F)F)(c1ccccc1)c1ccccc1)C(F)(F)F. The first-order chi connectivity index (χ1) is 12.5. The number of benzene rings is 2. The van der Waals surface area contributed by atoms with E-state index in [9.17, 15) is 35.9 Å². The first kappa shape index (κ1) is 21.1. The van der Waals surface area contributed by atoms with Crippen molar-refractivity contribution in [2.75, 3.05) is 0 Å². The summed E-state index contributed by atoms with van der Waals surface area (Å²) in [4.78, 5) is 23.0. The van der Waals surface area contributed by atoms with Crippen molar-refractivity contribution in [2.24, 2.45) is 0 Å². The summed E-state index contributed by atoms with van der Waals surface area (Å²) in [7, 11) is 0. The van der Waals surface area contributed by atoms with Gasteiger partial charge in [-0.15, -0.1) is 0 Å². The maximum absolute atomic E-state index is 12.8. The molecule has 2 aromatic rings. The van der Waals surface area contributed by atoms with Crippen LogP contribution in [0.3, 0.4) is 0 Å². The Hall–Kier alpha value is -2.25. The van der Waals surface area contributed by atoms with E-state index in [4.69, 9.17) is 0 Å². The Balaban J connectivity index is 2.69. The molecule has 0 unspecified atom stereocenters. The molecule has 0 aliphatic rings. The van der Waals surface area contributed by atoms with Crippen LogP contribution in [0.2, 0.25) is 0 Å². The van der Waals surface area contributed by atoms with Gasteiger partial charge in [-0.25, -0.2) is 0 Å². The van der Waals surface area contributed by atoms with Gasteiger partial charge in [0.15, 0.2) is 0 Å². The van der Waals surface area contributed by atoms with Gasteiger partial charge >= 0.3 is 153 Å². The summed E-state index contributed by atoms with van der Waals surface area (Å²) in [6.45, 7) is 0. The van der Waals surface area contributed by atoms with Gasteiger partial charge in [0.05, 0.1) is 0 Å². The molecular formula is C16H10F6O4Te. The zero-order chi connectivity index (χ0) is 20.3. The average Bonchev–Trinajstić information content (AvgIpc) is 2.60. The predicted molar refractivity (Wildman–Crippen MR) is 82.2 cm³/mol. The fourth-order valence-electron chi connectivity index (χ4n) is 1.85. The number of carbonyl (C=O) groups excluding carboxylic acids is 2.